The van der Waals surface area contributed by atoms with Gasteiger partial charge in [0.1, 0.15) is 0 Å². The van der Waals surface area contributed by atoms with Crippen molar-refractivity contribution in [2.45, 2.75) is 52.2 Å². The van der Waals surface area contributed by atoms with Gasteiger partial charge in [-0.25, -0.2) is 0 Å². The lowest BCUT2D eigenvalue weighted by Gasteiger charge is -2.27. The second-order valence-corrected chi connectivity index (χ2v) is 5.21. The molecule has 3 heteroatoms. The summed E-state index contributed by atoms with van der Waals surface area (Å²) in [5.41, 5.74) is 0. The molecular weight excluding hydrogens is 230 g/mol. The van der Waals surface area contributed by atoms with E-state index in [1.165, 1.54) is 11.3 Å². The first-order valence-corrected chi connectivity index (χ1v) is 7.59. The standard InChI is InChI=1S/C14H25NOS/c1-4-8-12(16-6-3)14(15-10-5-2)13-9-7-11-17-13/h7,9,11-12,14-15H,4-6,8,10H2,1-3H3. The van der Waals surface area contributed by atoms with E-state index in [2.05, 4.69) is 43.6 Å². The summed E-state index contributed by atoms with van der Waals surface area (Å²) in [5.74, 6) is 0. The first-order chi connectivity index (χ1) is 8.33. The lowest BCUT2D eigenvalue weighted by Crippen LogP contribution is -2.34. The van der Waals surface area contributed by atoms with Gasteiger partial charge in [-0.2, -0.15) is 0 Å². The van der Waals surface area contributed by atoms with Crippen LogP contribution in [-0.2, 0) is 4.74 Å². The molecule has 1 N–H and O–H groups in total. The molecule has 1 rings (SSSR count). The molecule has 0 radical (unpaired) electrons. The molecule has 2 nitrogen and oxygen atoms in total. The first-order valence-electron chi connectivity index (χ1n) is 6.71. The fourth-order valence-corrected chi connectivity index (χ4v) is 2.88. The fraction of sp³-hybridized carbons (Fsp3) is 0.714. The van der Waals surface area contributed by atoms with Crippen LogP contribution in [0.25, 0.3) is 0 Å². The molecule has 1 aromatic heterocycles. The minimum Gasteiger partial charge on any atom is -0.376 e. The average molecular weight is 255 g/mol. The van der Waals surface area contributed by atoms with Gasteiger partial charge in [-0.1, -0.05) is 26.3 Å². The summed E-state index contributed by atoms with van der Waals surface area (Å²) in [7, 11) is 0. The summed E-state index contributed by atoms with van der Waals surface area (Å²) in [6.45, 7) is 8.34. The highest BCUT2D eigenvalue weighted by Gasteiger charge is 2.22. The number of hydrogen-bond donors (Lipinski definition) is 1. The van der Waals surface area contributed by atoms with Crippen molar-refractivity contribution in [2.24, 2.45) is 0 Å². The predicted octanol–water partition coefficient (Wildman–Crippen LogP) is 3.99. The van der Waals surface area contributed by atoms with Crippen LogP contribution in [0.2, 0.25) is 0 Å². The summed E-state index contributed by atoms with van der Waals surface area (Å²) in [6, 6.07) is 4.68. The van der Waals surface area contributed by atoms with Crippen molar-refractivity contribution in [2.75, 3.05) is 13.2 Å². The molecule has 1 heterocycles. The minimum absolute atomic E-state index is 0.301. The third kappa shape index (κ3) is 4.78. The second kappa shape index (κ2) is 8.67. The van der Waals surface area contributed by atoms with Crippen molar-refractivity contribution in [3.05, 3.63) is 22.4 Å². The maximum atomic E-state index is 5.91. The van der Waals surface area contributed by atoms with Crippen LogP contribution in [0.3, 0.4) is 0 Å². The number of hydrogen-bond acceptors (Lipinski definition) is 3. The molecule has 98 valence electrons. The Bertz CT molecular complexity index is 268. The smallest absolute Gasteiger partial charge is 0.0777 e. The normalized spacial score (nSPS) is 14.8. The van der Waals surface area contributed by atoms with E-state index in [9.17, 15) is 0 Å². The summed E-state index contributed by atoms with van der Waals surface area (Å²) in [4.78, 5) is 1.39. The van der Waals surface area contributed by atoms with Gasteiger partial charge in [0.05, 0.1) is 12.1 Å². The van der Waals surface area contributed by atoms with Crippen LogP contribution in [0.1, 0.15) is 51.0 Å². The van der Waals surface area contributed by atoms with Gasteiger partial charge in [0.15, 0.2) is 0 Å². The molecule has 0 bridgehead atoms. The molecule has 2 atom stereocenters. The van der Waals surface area contributed by atoms with Crippen molar-refractivity contribution < 1.29 is 4.74 Å². The van der Waals surface area contributed by atoms with Gasteiger partial charge in [0.2, 0.25) is 0 Å². The summed E-state index contributed by atoms with van der Waals surface area (Å²) in [6.07, 6.45) is 3.75. The monoisotopic (exact) mass is 255 g/mol. The Kier molecular flexibility index (Phi) is 7.49. The van der Waals surface area contributed by atoms with Gasteiger partial charge in [-0.05, 0) is 37.8 Å². The quantitative estimate of drug-likeness (QED) is 0.720. The number of rotatable bonds is 9. The molecular formula is C14H25NOS. The maximum Gasteiger partial charge on any atom is 0.0777 e. The largest absolute Gasteiger partial charge is 0.376 e. The Morgan fingerprint density at radius 2 is 2.12 bits per heavy atom. The van der Waals surface area contributed by atoms with E-state index in [0.717, 1.165) is 26.0 Å². The highest BCUT2D eigenvalue weighted by molar-refractivity contribution is 7.10. The van der Waals surface area contributed by atoms with E-state index in [4.69, 9.17) is 4.74 Å². The summed E-state index contributed by atoms with van der Waals surface area (Å²) in [5, 5.41) is 5.77. The van der Waals surface area contributed by atoms with Crippen molar-refractivity contribution >= 4 is 11.3 Å². The highest BCUT2D eigenvalue weighted by Crippen LogP contribution is 2.26. The van der Waals surface area contributed by atoms with Gasteiger partial charge >= 0.3 is 0 Å². The SMILES string of the molecule is CCCNC(c1cccs1)C(CCC)OCC. The first kappa shape index (κ1) is 14.7. The molecule has 0 aliphatic rings. The Morgan fingerprint density at radius 3 is 2.65 bits per heavy atom. The zero-order chi connectivity index (χ0) is 12.5. The van der Waals surface area contributed by atoms with E-state index >= 15 is 0 Å². The summed E-state index contributed by atoms with van der Waals surface area (Å²) < 4.78 is 5.91. The predicted molar refractivity (Wildman–Crippen MR) is 75.7 cm³/mol. The number of nitrogens with one attached hydrogen (secondary N) is 1. The van der Waals surface area contributed by atoms with Crippen molar-refractivity contribution in [1.82, 2.24) is 5.32 Å². The molecule has 0 aliphatic heterocycles. The van der Waals surface area contributed by atoms with Crippen LogP contribution in [-0.4, -0.2) is 19.3 Å². The van der Waals surface area contributed by atoms with Crippen LogP contribution < -0.4 is 5.32 Å². The molecule has 0 spiro atoms. The third-order valence-corrected chi connectivity index (χ3v) is 3.75. The molecule has 0 fully saturated rings. The highest BCUT2D eigenvalue weighted by atomic mass is 32.1. The van der Waals surface area contributed by atoms with Gasteiger partial charge in [0, 0.05) is 11.5 Å². The molecule has 1 aromatic rings. The third-order valence-electron chi connectivity index (χ3n) is 2.79. The van der Waals surface area contributed by atoms with Crippen molar-refractivity contribution in [3.8, 4) is 0 Å². The van der Waals surface area contributed by atoms with Crippen LogP contribution in [0.4, 0.5) is 0 Å². The molecule has 2 unspecified atom stereocenters. The van der Waals surface area contributed by atoms with Crippen molar-refractivity contribution in [3.63, 3.8) is 0 Å². The lowest BCUT2D eigenvalue weighted by molar-refractivity contribution is 0.0285. The van der Waals surface area contributed by atoms with Crippen LogP contribution in [0.5, 0.6) is 0 Å². The minimum atomic E-state index is 0.301. The Morgan fingerprint density at radius 1 is 1.29 bits per heavy atom. The van der Waals surface area contributed by atoms with E-state index in [0.29, 0.717) is 12.1 Å². The second-order valence-electron chi connectivity index (χ2n) is 4.23. The van der Waals surface area contributed by atoms with E-state index < -0.39 is 0 Å². The molecule has 0 saturated heterocycles. The topological polar surface area (TPSA) is 21.3 Å². The zero-order valence-electron chi connectivity index (χ0n) is 11.2. The van der Waals surface area contributed by atoms with Gasteiger partial charge in [-0.3, -0.25) is 0 Å². The van der Waals surface area contributed by atoms with Crippen molar-refractivity contribution in [1.29, 1.82) is 0 Å². The zero-order valence-corrected chi connectivity index (χ0v) is 12.1. The van der Waals surface area contributed by atoms with Crippen LogP contribution in [0.15, 0.2) is 17.5 Å². The fourth-order valence-electron chi connectivity index (χ4n) is 2.03. The van der Waals surface area contributed by atoms with Gasteiger partial charge in [-0.15, -0.1) is 11.3 Å². The number of thiophene rings is 1. The average Bonchev–Trinajstić information content (AvgIpc) is 2.84. The lowest BCUT2D eigenvalue weighted by atomic mass is 10.0. The molecule has 0 saturated carbocycles. The number of ether oxygens (including phenoxy) is 1. The molecule has 17 heavy (non-hydrogen) atoms. The van der Waals surface area contributed by atoms with E-state index in [1.807, 2.05) is 11.3 Å². The molecule has 0 amide bonds. The van der Waals surface area contributed by atoms with Crippen LogP contribution in [0, 0.1) is 0 Å². The summed E-state index contributed by atoms with van der Waals surface area (Å²) >= 11 is 1.82. The Hall–Kier alpha value is -0.380. The van der Waals surface area contributed by atoms with Gasteiger partial charge in [0.25, 0.3) is 0 Å². The maximum absolute atomic E-state index is 5.91. The molecule has 0 aromatic carbocycles. The van der Waals surface area contributed by atoms with E-state index in [-0.39, 0.29) is 0 Å². The van der Waals surface area contributed by atoms with Crippen LogP contribution >= 0.6 is 11.3 Å². The Balaban J connectivity index is 2.71. The Labute approximate surface area is 109 Å². The van der Waals surface area contributed by atoms with E-state index in [1.54, 1.807) is 0 Å². The molecule has 0 aliphatic carbocycles. The van der Waals surface area contributed by atoms with Gasteiger partial charge < -0.3 is 10.1 Å².